The summed E-state index contributed by atoms with van der Waals surface area (Å²) in [5.41, 5.74) is 0.736. The molecule has 1 aromatic carbocycles. The molecule has 132 valence electrons. The van der Waals surface area contributed by atoms with Crippen molar-refractivity contribution >= 4 is 5.91 Å². The molecule has 0 saturated carbocycles. The standard InChI is InChI=1S/C18H21FN4O2/c19-14-4-2-1-3-13(14)11-23-9-7-12(8-10-23)17-21-18(25-22-17)15-5-6-16(24)20-15/h1-4,12,15H,5-11H2,(H,20,24). The quantitative estimate of drug-likeness (QED) is 0.923. The van der Waals surface area contributed by atoms with Crippen LogP contribution in [0.2, 0.25) is 0 Å². The maximum atomic E-state index is 13.8. The Labute approximate surface area is 145 Å². The number of amides is 1. The summed E-state index contributed by atoms with van der Waals surface area (Å²) < 4.78 is 19.1. The van der Waals surface area contributed by atoms with Gasteiger partial charge in [-0.15, -0.1) is 0 Å². The average molecular weight is 344 g/mol. The Bertz CT molecular complexity index is 755. The average Bonchev–Trinajstić information content (AvgIpc) is 3.27. The summed E-state index contributed by atoms with van der Waals surface area (Å²) in [6, 6.07) is 6.78. The molecule has 2 fully saturated rings. The predicted molar refractivity (Wildman–Crippen MR) is 88.1 cm³/mol. The molecule has 1 atom stereocenters. The van der Waals surface area contributed by atoms with Crippen LogP contribution in [0.3, 0.4) is 0 Å². The second-order valence-corrected chi connectivity index (χ2v) is 6.79. The Hall–Kier alpha value is -2.28. The third kappa shape index (κ3) is 3.56. The number of carbonyl (C=O) groups excluding carboxylic acids is 1. The van der Waals surface area contributed by atoms with Gasteiger partial charge in [0.1, 0.15) is 11.9 Å². The normalized spacial score (nSPS) is 22.3. The minimum absolute atomic E-state index is 0.0335. The van der Waals surface area contributed by atoms with E-state index in [1.807, 2.05) is 12.1 Å². The Balaban J connectivity index is 1.34. The Morgan fingerprint density at radius 2 is 2.04 bits per heavy atom. The number of piperidine rings is 1. The van der Waals surface area contributed by atoms with E-state index in [0.29, 0.717) is 25.3 Å². The van der Waals surface area contributed by atoms with Gasteiger partial charge >= 0.3 is 0 Å². The zero-order chi connectivity index (χ0) is 17.2. The number of carbonyl (C=O) groups is 1. The number of aromatic nitrogens is 2. The summed E-state index contributed by atoms with van der Waals surface area (Å²) in [7, 11) is 0. The van der Waals surface area contributed by atoms with E-state index in [0.717, 1.165) is 37.3 Å². The van der Waals surface area contributed by atoms with Gasteiger partial charge in [-0.05, 0) is 38.4 Å². The zero-order valence-corrected chi connectivity index (χ0v) is 13.9. The summed E-state index contributed by atoms with van der Waals surface area (Å²) in [6.45, 7) is 2.39. The molecule has 2 aliphatic rings. The van der Waals surface area contributed by atoms with Gasteiger partial charge in [0.2, 0.25) is 11.8 Å². The van der Waals surface area contributed by atoms with Crippen molar-refractivity contribution in [2.75, 3.05) is 13.1 Å². The summed E-state index contributed by atoms with van der Waals surface area (Å²) >= 11 is 0. The van der Waals surface area contributed by atoms with Crippen LogP contribution in [0.5, 0.6) is 0 Å². The van der Waals surface area contributed by atoms with Gasteiger partial charge in [0.05, 0.1) is 0 Å². The molecule has 0 aliphatic carbocycles. The van der Waals surface area contributed by atoms with E-state index in [9.17, 15) is 9.18 Å². The largest absolute Gasteiger partial charge is 0.344 e. The molecule has 0 radical (unpaired) electrons. The Kier molecular flexibility index (Phi) is 4.48. The summed E-state index contributed by atoms with van der Waals surface area (Å²) in [6.07, 6.45) is 3.06. The Morgan fingerprint density at radius 3 is 2.76 bits per heavy atom. The lowest BCUT2D eigenvalue weighted by Crippen LogP contribution is -2.33. The minimum Gasteiger partial charge on any atom is -0.344 e. The first-order valence-electron chi connectivity index (χ1n) is 8.77. The highest BCUT2D eigenvalue weighted by Gasteiger charge is 2.30. The molecule has 4 rings (SSSR count). The highest BCUT2D eigenvalue weighted by Crippen LogP contribution is 2.29. The highest BCUT2D eigenvalue weighted by molar-refractivity contribution is 5.78. The summed E-state index contributed by atoms with van der Waals surface area (Å²) in [5.74, 6) is 1.38. The van der Waals surface area contributed by atoms with E-state index in [1.54, 1.807) is 6.07 Å². The lowest BCUT2D eigenvalue weighted by Gasteiger charge is -2.30. The van der Waals surface area contributed by atoms with Crippen LogP contribution in [0, 0.1) is 5.82 Å². The number of halogens is 1. The third-order valence-electron chi connectivity index (χ3n) is 5.06. The molecule has 1 unspecified atom stereocenters. The second kappa shape index (κ2) is 6.92. The van der Waals surface area contributed by atoms with Crippen LogP contribution in [-0.2, 0) is 11.3 Å². The van der Waals surface area contributed by atoms with Crippen molar-refractivity contribution in [1.29, 1.82) is 0 Å². The zero-order valence-electron chi connectivity index (χ0n) is 13.9. The van der Waals surface area contributed by atoms with Gasteiger partial charge in [0.25, 0.3) is 0 Å². The van der Waals surface area contributed by atoms with Gasteiger partial charge in [-0.25, -0.2) is 4.39 Å². The SMILES string of the molecule is O=C1CCC(c2nc(C3CCN(Cc4ccccc4F)CC3)no2)N1. The lowest BCUT2D eigenvalue weighted by molar-refractivity contribution is -0.119. The molecule has 1 N–H and O–H groups in total. The van der Waals surface area contributed by atoms with E-state index in [2.05, 4.69) is 20.4 Å². The minimum atomic E-state index is -0.147. The maximum Gasteiger partial charge on any atom is 0.249 e. The predicted octanol–water partition coefficient (Wildman–Crippen LogP) is 2.54. The van der Waals surface area contributed by atoms with Gasteiger partial charge in [-0.1, -0.05) is 23.4 Å². The summed E-state index contributed by atoms with van der Waals surface area (Å²) in [4.78, 5) is 18.1. The summed E-state index contributed by atoms with van der Waals surface area (Å²) in [5, 5.41) is 6.96. The lowest BCUT2D eigenvalue weighted by atomic mass is 9.96. The number of nitrogens with one attached hydrogen (secondary N) is 1. The molecule has 25 heavy (non-hydrogen) atoms. The van der Waals surface area contributed by atoms with Gasteiger partial charge in [0.15, 0.2) is 5.82 Å². The second-order valence-electron chi connectivity index (χ2n) is 6.79. The topological polar surface area (TPSA) is 71.3 Å². The molecule has 3 heterocycles. The smallest absolute Gasteiger partial charge is 0.249 e. The molecule has 2 aliphatic heterocycles. The van der Waals surface area contributed by atoms with Crippen molar-refractivity contribution in [2.24, 2.45) is 0 Å². The van der Waals surface area contributed by atoms with E-state index in [1.165, 1.54) is 6.07 Å². The first-order chi connectivity index (χ1) is 12.2. The van der Waals surface area contributed by atoms with Gasteiger partial charge in [-0.2, -0.15) is 4.98 Å². The van der Waals surface area contributed by atoms with Gasteiger partial charge in [0, 0.05) is 24.4 Å². The molecule has 7 heteroatoms. The number of hydrogen-bond acceptors (Lipinski definition) is 5. The fourth-order valence-corrected chi connectivity index (χ4v) is 3.57. The fourth-order valence-electron chi connectivity index (χ4n) is 3.57. The van der Waals surface area contributed by atoms with Crippen LogP contribution in [0.4, 0.5) is 4.39 Å². The highest BCUT2D eigenvalue weighted by atomic mass is 19.1. The molecule has 2 aromatic rings. The molecular weight excluding hydrogens is 323 g/mol. The van der Waals surface area contributed by atoms with Crippen LogP contribution in [0.25, 0.3) is 0 Å². The van der Waals surface area contributed by atoms with Crippen LogP contribution in [0.1, 0.15) is 54.9 Å². The van der Waals surface area contributed by atoms with Crippen molar-refractivity contribution in [3.8, 4) is 0 Å². The molecule has 1 aromatic heterocycles. The first-order valence-corrected chi connectivity index (χ1v) is 8.77. The van der Waals surface area contributed by atoms with Crippen molar-refractivity contribution < 1.29 is 13.7 Å². The van der Waals surface area contributed by atoms with Crippen molar-refractivity contribution in [2.45, 2.75) is 44.2 Å². The third-order valence-corrected chi connectivity index (χ3v) is 5.06. The van der Waals surface area contributed by atoms with Crippen molar-refractivity contribution in [1.82, 2.24) is 20.4 Å². The monoisotopic (exact) mass is 344 g/mol. The van der Waals surface area contributed by atoms with Gasteiger partial charge in [-0.3, -0.25) is 9.69 Å². The number of hydrogen-bond donors (Lipinski definition) is 1. The first kappa shape index (κ1) is 16.2. The van der Waals surface area contributed by atoms with E-state index < -0.39 is 0 Å². The molecule has 2 saturated heterocycles. The molecule has 0 bridgehead atoms. The maximum absolute atomic E-state index is 13.8. The number of nitrogens with zero attached hydrogens (tertiary/aromatic N) is 3. The molecule has 1 amide bonds. The van der Waals surface area contributed by atoms with E-state index >= 15 is 0 Å². The fraction of sp³-hybridized carbons (Fsp3) is 0.500. The van der Waals surface area contributed by atoms with E-state index in [-0.39, 0.29) is 23.7 Å². The van der Waals surface area contributed by atoms with Gasteiger partial charge < -0.3 is 9.84 Å². The van der Waals surface area contributed by atoms with Crippen molar-refractivity contribution in [3.63, 3.8) is 0 Å². The van der Waals surface area contributed by atoms with Crippen LogP contribution in [-0.4, -0.2) is 34.0 Å². The number of rotatable bonds is 4. The molecule has 0 spiro atoms. The number of benzene rings is 1. The molecular formula is C18H21FN4O2. The van der Waals surface area contributed by atoms with Crippen molar-refractivity contribution in [3.05, 3.63) is 47.4 Å². The van der Waals surface area contributed by atoms with E-state index in [4.69, 9.17) is 4.52 Å². The number of likely N-dealkylation sites (tertiary alicyclic amines) is 1. The molecule has 6 nitrogen and oxygen atoms in total. The van der Waals surface area contributed by atoms with Crippen LogP contribution >= 0.6 is 0 Å². The Morgan fingerprint density at radius 1 is 1.24 bits per heavy atom. The van der Waals surface area contributed by atoms with Crippen LogP contribution < -0.4 is 5.32 Å². The van der Waals surface area contributed by atoms with Crippen LogP contribution in [0.15, 0.2) is 28.8 Å².